The molecule has 1 N–H and O–H groups in total. The van der Waals surface area contributed by atoms with Crippen LogP contribution in [0.3, 0.4) is 0 Å². The molecule has 0 aromatic rings. The first kappa shape index (κ1) is 10.5. The summed E-state index contributed by atoms with van der Waals surface area (Å²) < 4.78 is 0. The first-order chi connectivity index (χ1) is 5.93. The summed E-state index contributed by atoms with van der Waals surface area (Å²) in [5.41, 5.74) is 0. The minimum Gasteiger partial charge on any atom is -0.317 e. The van der Waals surface area contributed by atoms with Gasteiger partial charge >= 0.3 is 0 Å². The highest BCUT2D eigenvalue weighted by Gasteiger charge is 2.19. The molecule has 2 heteroatoms. The quantitative estimate of drug-likeness (QED) is 0.503. The number of hydrogen-bond donors (Lipinski definition) is 1. The molecule has 1 saturated carbocycles. The maximum atomic E-state index is 3.50. The lowest BCUT2D eigenvalue weighted by atomic mass is 10.2. The highest BCUT2D eigenvalue weighted by Crippen LogP contribution is 2.31. The average Bonchev–Trinajstić information content (AvgIpc) is 2.87. The standard InChI is InChI=1S/C10H20BrN/c11-7-2-1-3-8-12-9-6-10-4-5-10/h10,12H,1-9H2. The molecule has 1 nitrogen and oxygen atoms in total. The topological polar surface area (TPSA) is 12.0 Å². The number of hydrogen-bond acceptors (Lipinski definition) is 1. The Labute approximate surface area is 84.4 Å². The second kappa shape index (κ2) is 6.90. The molecule has 0 aliphatic heterocycles. The lowest BCUT2D eigenvalue weighted by Crippen LogP contribution is -2.16. The van der Waals surface area contributed by atoms with Gasteiger partial charge in [-0.3, -0.25) is 0 Å². The lowest BCUT2D eigenvalue weighted by Gasteiger charge is -2.02. The molecule has 0 aromatic carbocycles. The van der Waals surface area contributed by atoms with Crippen LogP contribution in [0.5, 0.6) is 0 Å². The third-order valence-corrected chi connectivity index (χ3v) is 2.97. The van der Waals surface area contributed by atoms with E-state index in [9.17, 15) is 0 Å². The number of halogens is 1. The van der Waals surface area contributed by atoms with Gasteiger partial charge in [-0.1, -0.05) is 35.2 Å². The number of rotatable bonds is 8. The van der Waals surface area contributed by atoms with Gasteiger partial charge < -0.3 is 5.32 Å². The van der Waals surface area contributed by atoms with Gasteiger partial charge in [-0.15, -0.1) is 0 Å². The van der Waals surface area contributed by atoms with E-state index in [-0.39, 0.29) is 0 Å². The van der Waals surface area contributed by atoms with E-state index in [1.54, 1.807) is 0 Å². The molecular weight excluding hydrogens is 214 g/mol. The molecule has 72 valence electrons. The molecule has 0 heterocycles. The van der Waals surface area contributed by atoms with Crippen molar-refractivity contribution in [2.75, 3.05) is 18.4 Å². The van der Waals surface area contributed by atoms with Gasteiger partial charge in [0, 0.05) is 5.33 Å². The zero-order chi connectivity index (χ0) is 8.65. The molecule has 0 saturated heterocycles. The lowest BCUT2D eigenvalue weighted by molar-refractivity contribution is 0.580. The van der Waals surface area contributed by atoms with Gasteiger partial charge in [0.25, 0.3) is 0 Å². The Morgan fingerprint density at radius 1 is 1.08 bits per heavy atom. The molecule has 0 atom stereocenters. The van der Waals surface area contributed by atoms with E-state index in [0.29, 0.717) is 0 Å². The van der Waals surface area contributed by atoms with Crippen molar-refractivity contribution < 1.29 is 0 Å². The summed E-state index contributed by atoms with van der Waals surface area (Å²) >= 11 is 3.44. The molecule has 0 aromatic heterocycles. The van der Waals surface area contributed by atoms with Crippen LogP contribution in [0.2, 0.25) is 0 Å². The zero-order valence-electron chi connectivity index (χ0n) is 7.82. The van der Waals surface area contributed by atoms with Crippen LogP contribution in [0.15, 0.2) is 0 Å². The molecule has 0 radical (unpaired) electrons. The highest BCUT2D eigenvalue weighted by atomic mass is 79.9. The largest absolute Gasteiger partial charge is 0.317 e. The molecule has 1 aliphatic carbocycles. The maximum Gasteiger partial charge on any atom is 0.00313 e. The Morgan fingerprint density at radius 2 is 1.92 bits per heavy atom. The third-order valence-electron chi connectivity index (χ3n) is 2.41. The van der Waals surface area contributed by atoms with Crippen molar-refractivity contribution in [1.29, 1.82) is 0 Å². The molecule has 1 fully saturated rings. The van der Waals surface area contributed by atoms with Gasteiger partial charge in [0.2, 0.25) is 0 Å². The van der Waals surface area contributed by atoms with Crippen LogP contribution in [0.4, 0.5) is 0 Å². The van der Waals surface area contributed by atoms with Crippen molar-refractivity contribution in [3.8, 4) is 0 Å². The van der Waals surface area contributed by atoms with Crippen LogP contribution < -0.4 is 5.32 Å². The van der Waals surface area contributed by atoms with Crippen LogP contribution in [-0.4, -0.2) is 18.4 Å². The van der Waals surface area contributed by atoms with Crippen molar-refractivity contribution in [2.24, 2.45) is 5.92 Å². The fraction of sp³-hybridized carbons (Fsp3) is 1.00. The predicted octanol–water partition coefficient (Wildman–Crippen LogP) is 2.94. The molecule has 0 bridgehead atoms. The van der Waals surface area contributed by atoms with Gasteiger partial charge in [0.1, 0.15) is 0 Å². The Bertz CT molecular complexity index is 102. The summed E-state index contributed by atoms with van der Waals surface area (Å²) in [6, 6.07) is 0. The van der Waals surface area contributed by atoms with Crippen molar-refractivity contribution in [2.45, 2.75) is 38.5 Å². The molecule has 1 rings (SSSR count). The highest BCUT2D eigenvalue weighted by molar-refractivity contribution is 9.09. The van der Waals surface area contributed by atoms with E-state index in [2.05, 4.69) is 21.2 Å². The summed E-state index contributed by atoms with van der Waals surface area (Å²) in [5, 5.41) is 4.66. The minimum atomic E-state index is 1.08. The van der Waals surface area contributed by atoms with Crippen LogP contribution in [0, 0.1) is 5.92 Å². The minimum absolute atomic E-state index is 1.08. The van der Waals surface area contributed by atoms with Gasteiger partial charge in [-0.05, 0) is 38.3 Å². The second-order valence-electron chi connectivity index (χ2n) is 3.73. The molecule has 0 amide bonds. The Morgan fingerprint density at radius 3 is 2.58 bits per heavy atom. The summed E-state index contributed by atoms with van der Waals surface area (Å²) in [6.07, 6.45) is 8.43. The third kappa shape index (κ3) is 6.01. The Kier molecular flexibility index (Phi) is 6.05. The summed E-state index contributed by atoms with van der Waals surface area (Å²) in [4.78, 5) is 0. The number of unbranched alkanes of at least 4 members (excludes halogenated alkanes) is 2. The first-order valence-electron chi connectivity index (χ1n) is 5.20. The summed E-state index contributed by atoms with van der Waals surface area (Å²) in [6.45, 7) is 2.47. The van der Waals surface area contributed by atoms with E-state index in [0.717, 1.165) is 11.2 Å². The fourth-order valence-electron chi connectivity index (χ4n) is 1.36. The summed E-state index contributed by atoms with van der Waals surface area (Å²) in [5.74, 6) is 1.08. The van der Waals surface area contributed by atoms with Crippen molar-refractivity contribution in [1.82, 2.24) is 5.32 Å². The van der Waals surface area contributed by atoms with E-state index in [1.807, 2.05) is 0 Å². The van der Waals surface area contributed by atoms with E-state index in [4.69, 9.17) is 0 Å². The average molecular weight is 234 g/mol. The van der Waals surface area contributed by atoms with E-state index < -0.39 is 0 Å². The smallest absolute Gasteiger partial charge is 0.00313 e. The fourth-order valence-corrected chi connectivity index (χ4v) is 1.76. The van der Waals surface area contributed by atoms with Crippen molar-refractivity contribution >= 4 is 15.9 Å². The van der Waals surface area contributed by atoms with Crippen molar-refractivity contribution in [3.63, 3.8) is 0 Å². The monoisotopic (exact) mass is 233 g/mol. The van der Waals surface area contributed by atoms with Gasteiger partial charge in [0.15, 0.2) is 0 Å². The van der Waals surface area contributed by atoms with Crippen LogP contribution in [0.1, 0.15) is 38.5 Å². The molecule has 1 aliphatic rings. The Balaban J connectivity index is 1.65. The van der Waals surface area contributed by atoms with Gasteiger partial charge in [0.05, 0.1) is 0 Å². The Hall–Kier alpha value is 0.440. The normalized spacial score (nSPS) is 16.8. The SMILES string of the molecule is BrCCCCCNCCC1CC1. The maximum absolute atomic E-state index is 3.50. The second-order valence-corrected chi connectivity index (χ2v) is 4.52. The predicted molar refractivity (Wildman–Crippen MR) is 57.9 cm³/mol. The molecule has 0 unspecified atom stereocenters. The molecule has 0 spiro atoms. The number of nitrogens with one attached hydrogen (secondary N) is 1. The van der Waals surface area contributed by atoms with Crippen molar-refractivity contribution in [3.05, 3.63) is 0 Å². The zero-order valence-corrected chi connectivity index (χ0v) is 9.41. The van der Waals surface area contributed by atoms with Crippen LogP contribution >= 0.6 is 15.9 Å². The van der Waals surface area contributed by atoms with Crippen LogP contribution in [-0.2, 0) is 0 Å². The summed E-state index contributed by atoms with van der Waals surface area (Å²) in [7, 11) is 0. The molecular formula is C10H20BrN. The van der Waals surface area contributed by atoms with Crippen LogP contribution in [0.25, 0.3) is 0 Å². The van der Waals surface area contributed by atoms with E-state index in [1.165, 1.54) is 51.6 Å². The number of alkyl halides is 1. The molecule has 12 heavy (non-hydrogen) atoms. The van der Waals surface area contributed by atoms with Gasteiger partial charge in [-0.2, -0.15) is 0 Å². The van der Waals surface area contributed by atoms with E-state index >= 15 is 0 Å². The van der Waals surface area contributed by atoms with Gasteiger partial charge in [-0.25, -0.2) is 0 Å². The first-order valence-corrected chi connectivity index (χ1v) is 6.32.